The largest absolute Gasteiger partial charge is 0.352 e. The Balaban J connectivity index is 1.53. The van der Waals surface area contributed by atoms with Crippen LogP contribution >= 0.6 is 11.3 Å². The monoisotopic (exact) mass is 349 g/mol. The summed E-state index contributed by atoms with van der Waals surface area (Å²) in [5.41, 5.74) is 2.87. The molecule has 1 amide bonds. The molecule has 0 fully saturated rings. The molecule has 6 nitrogen and oxygen atoms in total. The first-order valence-corrected chi connectivity index (χ1v) is 8.75. The number of pyridine rings is 2. The van der Waals surface area contributed by atoms with Crippen LogP contribution in [0.2, 0.25) is 0 Å². The van der Waals surface area contributed by atoms with Crippen molar-refractivity contribution in [2.45, 2.75) is 6.42 Å². The van der Waals surface area contributed by atoms with Crippen molar-refractivity contribution in [3.05, 3.63) is 65.4 Å². The van der Waals surface area contributed by atoms with E-state index in [9.17, 15) is 4.79 Å². The zero-order valence-electron chi connectivity index (χ0n) is 13.3. The molecule has 4 rings (SSSR count). The number of fused-ring (bicyclic) bond motifs is 1. The van der Waals surface area contributed by atoms with E-state index < -0.39 is 0 Å². The van der Waals surface area contributed by atoms with Crippen molar-refractivity contribution >= 4 is 28.4 Å². The molecule has 4 aromatic heterocycles. The number of aromatic amines is 1. The number of carbonyl (C=O) groups excluding carboxylic acids is 1. The lowest BCUT2D eigenvalue weighted by atomic mass is 10.2. The van der Waals surface area contributed by atoms with E-state index >= 15 is 0 Å². The molecule has 0 aliphatic rings. The van der Waals surface area contributed by atoms with Gasteiger partial charge in [0.15, 0.2) is 5.65 Å². The van der Waals surface area contributed by atoms with Gasteiger partial charge in [-0.2, -0.15) is 0 Å². The first kappa shape index (κ1) is 15.5. The fourth-order valence-electron chi connectivity index (χ4n) is 2.59. The standard InChI is InChI=1S/C18H15N5OS/c24-18(21-9-5-12-3-7-19-8-4-12)13-6-10-20-17-15(13)22-16(23-17)14-2-1-11-25-14/h1-4,6-8,10-11H,5,9H2,(H,21,24)(H,20,22,23). The summed E-state index contributed by atoms with van der Waals surface area (Å²) < 4.78 is 0. The summed E-state index contributed by atoms with van der Waals surface area (Å²) in [5.74, 6) is 0.584. The number of aromatic nitrogens is 4. The van der Waals surface area contributed by atoms with Crippen molar-refractivity contribution in [1.82, 2.24) is 25.3 Å². The molecule has 0 saturated heterocycles. The summed E-state index contributed by atoms with van der Waals surface area (Å²) in [6.45, 7) is 0.550. The highest BCUT2D eigenvalue weighted by molar-refractivity contribution is 7.13. The van der Waals surface area contributed by atoms with Crippen LogP contribution in [-0.2, 0) is 6.42 Å². The van der Waals surface area contributed by atoms with E-state index in [1.807, 2.05) is 29.6 Å². The molecule has 0 spiro atoms. The third-order valence-electron chi connectivity index (χ3n) is 3.83. The van der Waals surface area contributed by atoms with Gasteiger partial charge in [-0.05, 0) is 41.6 Å². The lowest BCUT2D eigenvalue weighted by Gasteiger charge is -2.05. The predicted octanol–water partition coefficient (Wildman–Crippen LogP) is 3.05. The maximum atomic E-state index is 12.5. The average molecular weight is 349 g/mol. The molecule has 0 bridgehead atoms. The molecule has 4 aromatic rings. The van der Waals surface area contributed by atoms with Gasteiger partial charge in [0.2, 0.25) is 0 Å². The van der Waals surface area contributed by atoms with Crippen molar-refractivity contribution in [1.29, 1.82) is 0 Å². The number of imidazole rings is 1. The SMILES string of the molecule is O=C(NCCc1ccncc1)c1ccnc2[nH]c(-c3cccs3)nc12. The molecule has 4 heterocycles. The summed E-state index contributed by atoms with van der Waals surface area (Å²) in [5, 5.41) is 4.93. The zero-order valence-corrected chi connectivity index (χ0v) is 14.1. The minimum absolute atomic E-state index is 0.148. The first-order valence-electron chi connectivity index (χ1n) is 7.87. The third-order valence-corrected chi connectivity index (χ3v) is 4.71. The highest BCUT2D eigenvalue weighted by atomic mass is 32.1. The topological polar surface area (TPSA) is 83.6 Å². The Hall–Kier alpha value is -3.06. The van der Waals surface area contributed by atoms with Crippen LogP contribution < -0.4 is 5.32 Å². The van der Waals surface area contributed by atoms with Crippen molar-refractivity contribution in [3.8, 4) is 10.7 Å². The number of carbonyl (C=O) groups is 1. The van der Waals surface area contributed by atoms with Crippen molar-refractivity contribution in [2.24, 2.45) is 0 Å². The second-order valence-electron chi connectivity index (χ2n) is 5.48. The third kappa shape index (κ3) is 3.27. The van der Waals surface area contributed by atoms with Gasteiger partial charge in [0.1, 0.15) is 11.3 Å². The average Bonchev–Trinajstić information content (AvgIpc) is 3.31. The quantitative estimate of drug-likeness (QED) is 0.580. The Morgan fingerprint density at radius 2 is 2.04 bits per heavy atom. The van der Waals surface area contributed by atoms with Crippen molar-refractivity contribution in [2.75, 3.05) is 6.54 Å². The molecular weight excluding hydrogens is 334 g/mol. The molecule has 124 valence electrons. The summed E-state index contributed by atoms with van der Waals surface area (Å²) in [6, 6.07) is 9.53. The predicted molar refractivity (Wildman–Crippen MR) is 97.5 cm³/mol. The maximum Gasteiger partial charge on any atom is 0.253 e. The van der Waals surface area contributed by atoms with Crippen molar-refractivity contribution in [3.63, 3.8) is 0 Å². The van der Waals surface area contributed by atoms with E-state index in [4.69, 9.17) is 0 Å². The second kappa shape index (κ2) is 6.82. The number of thiophene rings is 1. The number of nitrogens with one attached hydrogen (secondary N) is 2. The normalized spacial score (nSPS) is 10.9. The first-order chi connectivity index (χ1) is 12.3. The molecule has 0 aliphatic carbocycles. The number of rotatable bonds is 5. The minimum Gasteiger partial charge on any atom is -0.352 e. The molecule has 0 aromatic carbocycles. The van der Waals surface area contributed by atoms with E-state index in [1.165, 1.54) is 0 Å². The maximum absolute atomic E-state index is 12.5. The fraction of sp³-hybridized carbons (Fsp3) is 0.111. The van der Waals surface area contributed by atoms with Crippen LogP contribution in [0.15, 0.2) is 54.3 Å². The van der Waals surface area contributed by atoms with Crippen LogP contribution in [0.25, 0.3) is 21.9 Å². The fourth-order valence-corrected chi connectivity index (χ4v) is 3.26. The molecule has 25 heavy (non-hydrogen) atoms. The zero-order chi connectivity index (χ0) is 17.1. The summed E-state index contributed by atoms with van der Waals surface area (Å²) in [7, 11) is 0. The van der Waals surface area contributed by atoms with Gasteiger partial charge < -0.3 is 10.3 Å². The molecule has 0 aliphatic heterocycles. The van der Waals surface area contributed by atoms with Gasteiger partial charge >= 0.3 is 0 Å². The number of hydrogen-bond acceptors (Lipinski definition) is 5. The van der Waals surface area contributed by atoms with Gasteiger partial charge in [-0.15, -0.1) is 11.3 Å². The molecule has 0 atom stereocenters. The summed E-state index contributed by atoms with van der Waals surface area (Å²) in [4.78, 5) is 29.6. The van der Waals surface area contributed by atoms with Crippen LogP contribution in [-0.4, -0.2) is 32.4 Å². The van der Waals surface area contributed by atoms with Gasteiger partial charge in [0.05, 0.1) is 10.4 Å². The van der Waals surface area contributed by atoms with Gasteiger partial charge in [0.25, 0.3) is 5.91 Å². The van der Waals surface area contributed by atoms with Crippen LogP contribution in [0.4, 0.5) is 0 Å². The number of nitrogens with zero attached hydrogens (tertiary/aromatic N) is 3. The van der Waals surface area contributed by atoms with Crippen molar-refractivity contribution < 1.29 is 4.79 Å². The van der Waals surface area contributed by atoms with E-state index in [-0.39, 0.29) is 5.91 Å². The number of hydrogen-bond donors (Lipinski definition) is 2. The Morgan fingerprint density at radius 3 is 2.84 bits per heavy atom. The molecule has 0 unspecified atom stereocenters. The Labute approximate surface area is 148 Å². The minimum atomic E-state index is -0.148. The summed E-state index contributed by atoms with van der Waals surface area (Å²) in [6.07, 6.45) is 5.87. The summed E-state index contributed by atoms with van der Waals surface area (Å²) >= 11 is 1.59. The number of H-pyrrole nitrogens is 1. The van der Waals surface area contributed by atoms with Gasteiger partial charge in [-0.3, -0.25) is 9.78 Å². The lowest BCUT2D eigenvalue weighted by Crippen LogP contribution is -2.26. The Morgan fingerprint density at radius 1 is 1.16 bits per heavy atom. The second-order valence-corrected chi connectivity index (χ2v) is 6.43. The van der Waals surface area contributed by atoms with Crippen LogP contribution in [0.1, 0.15) is 15.9 Å². The van der Waals surface area contributed by atoms with Crippen LogP contribution in [0.5, 0.6) is 0 Å². The van der Waals surface area contributed by atoms with E-state index in [0.717, 1.165) is 22.7 Å². The highest BCUT2D eigenvalue weighted by Gasteiger charge is 2.15. The molecule has 7 heteroatoms. The van der Waals surface area contributed by atoms with Gasteiger partial charge in [-0.25, -0.2) is 9.97 Å². The Bertz CT molecular complexity index is 995. The Kier molecular flexibility index (Phi) is 4.22. The molecule has 2 N–H and O–H groups in total. The van der Waals surface area contributed by atoms with Gasteiger partial charge in [-0.1, -0.05) is 6.07 Å². The van der Waals surface area contributed by atoms with Gasteiger partial charge in [0, 0.05) is 25.1 Å². The van der Waals surface area contributed by atoms with Crippen LogP contribution in [0, 0.1) is 0 Å². The molecule has 0 radical (unpaired) electrons. The van der Waals surface area contributed by atoms with E-state index in [2.05, 4.69) is 25.3 Å². The number of amides is 1. The highest BCUT2D eigenvalue weighted by Crippen LogP contribution is 2.25. The van der Waals surface area contributed by atoms with E-state index in [0.29, 0.717) is 23.3 Å². The van der Waals surface area contributed by atoms with E-state index in [1.54, 1.807) is 36.0 Å². The van der Waals surface area contributed by atoms with Crippen LogP contribution in [0.3, 0.4) is 0 Å². The molecular formula is C18H15N5OS. The molecule has 0 saturated carbocycles. The lowest BCUT2D eigenvalue weighted by molar-refractivity contribution is 0.0955. The smallest absolute Gasteiger partial charge is 0.253 e.